The number of aromatic nitrogens is 3. The average molecular weight is 465 g/mol. The zero-order chi connectivity index (χ0) is 23.9. The minimum Gasteiger partial charge on any atom is -0.496 e. The number of hydrogen-bond donors (Lipinski definition) is 1. The Morgan fingerprint density at radius 1 is 1.15 bits per heavy atom. The van der Waals surface area contributed by atoms with Crippen LogP contribution in [0.3, 0.4) is 0 Å². The normalized spacial score (nSPS) is 14.1. The van der Waals surface area contributed by atoms with Gasteiger partial charge in [-0.3, -0.25) is 0 Å². The minimum atomic E-state index is -0.228. The molecule has 0 unspecified atom stereocenters. The predicted octanol–water partition coefficient (Wildman–Crippen LogP) is 4.09. The van der Waals surface area contributed by atoms with Crippen LogP contribution in [-0.2, 0) is 11.3 Å². The summed E-state index contributed by atoms with van der Waals surface area (Å²) in [4.78, 5) is 30.0. The lowest BCUT2D eigenvalue weighted by Gasteiger charge is -2.33. The number of nitrogens with one attached hydrogen (secondary N) is 1. The van der Waals surface area contributed by atoms with Crippen LogP contribution in [0.15, 0.2) is 42.7 Å². The van der Waals surface area contributed by atoms with Crippen LogP contribution >= 0.6 is 0 Å². The number of amides is 1. The molecule has 0 atom stereocenters. The van der Waals surface area contributed by atoms with Crippen molar-refractivity contribution in [1.29, 1.82) is 0 Å². The molecule has 1 N–H and O–H groups in total. The summed E-state index contributed by atoms with van der Waals surface area (Å²) in [6, 6.07) is 9.77. The van der Waals surface area contributed by atoms with Gasteiger partial charge in [0.05, 0.1) is 18.0 Å². The largest absolute Gasteiger partial charge is 0.496 e. The number of benzene rings is 1. The Bertz CT molecular complexity index is 1110. The monoisotopic (exact) mass is 464 g/mol. The Labute approximate surface area is 200 Å². The van der Waals surface area contributed by atoms with Gasteiger partial charge in [-0.25, -0.2) is 19.7 Å². The molecule has 0 saturated carbocycles. The number of pyridine rings is 1. The van der Waals surface area contributed by atoms with Gasteiger partial charge in [-0.2, -0.15) is 0 Å². The predicted molar refractivity (Wildman–Crippen MR) is 132 cm³/mol. The van der Waals surface area contributed by atoms with Crippen molar-refractivity contribution in [2.75, 3.05) is 43.5 Å². The van der Waals surface area contributed by atoms with Crippen molar-refractivity contribution in [2.24, 2.45) is 0 Å². The number of hydrogen-bond acceptors (Lipinski definition) is 8. The first-order valence-electron chi connectivity index (χ1n) is 11.8. The maximum absolute atomic E-state index is 12.3. The summed E-state index contributed by atoms with van der Waals surface area (Å²) in [7, 11) is 1.66. The maximum atomic E-state index is 12.3. The van der Waals surface area contributed by atoms with Crippen LogP contribution in [0.2, 0.25) is 0 Å². The highest BCUT2D eigenvalue weighted by molar-refractivity contribution is 5.89. The van der Waals surface area contributed by atoms with E-state index in [1.165, 1.54) is 0 Å². The number of carbonyl (C=O) groups is 1. The molecule has 1 aliphatic rings. The molecule has 34 heavy (non-hydrogen) atoms. The number of para-hydroxylation sites is 1. The molecule has 3 aromatic rings. The molecule has 1 aromatic carbocycles. The van der Waals surface area contributed by atoms with Gasteiger partial charge in [-0.15, -0.1) is 0 Å². The van der Waals surface area contributed by atoms with E-state index >= 15 is 0 Å². The minimum absolute atomic E-state index is 0.0682. The quantitative estimate of drug-likeness (QED) is 0.533. The number of piperidine rings is 1. The van der Waals surface area contributed by atoms with Crippen molar-refractivity contribution in [3.8, 4) is 5.75 Å². The Kier molecular flexibility index (Phi) is 7.61. The van der Waals surface area contributed by atoms with Gasteiger partial charge in [-0.05, 0) is 26.0 Å². The molecule has 9 heteroatoms. The number of methoxy groups -OCH3 is 1. The second kappa shape index (κ2) is 11.0. The van der Waals surface area contributed by atoms with Gasteiger partial charge in [0.1, 0.15) is 17.7 Å². The third-order valence-electron chi connectivity index (χ3n) is 6.15. The van der Waals surface area contributed by atoms with E-state index in [9.17, 15) is 4.79 Å². The molecule has 1 aliphatic heterocycles. The Morgan fingerprint density at radius 2 is 1.91 bits per heavy atom. The van der Waals surface area contributed by atoms with Crippen LogP contribution in [0.5, 0.6) is 5.75 Å². The summed E-state index contributed by atoms with van der Waals surface area (Å²) in [5, 5.41) is 4.19. The summed E-state index contributed by atoms with van der Waals surface area (Å²) in [5.74, 6) is 2.24. The fraction of sp³-hybridized carbons (Fsp3) is 0.440. The van der Waals surface area contributed by atoms with Crippen molar-refractivity contribution < 1.29 is 14.3 Å². The summed E-state index contributed by atoms with van der Waals surface area (Å²) in [6.45, 7) is 7.31. The van der Waals surface area contributed by atoms with Crippen molar-refractivity contribution in [2.45, 2.75) is 39.3 Å². The molecule has 0 aliphatic carbocycles. The summed E-state index contributed by atoms with van der Waals surface area (Å²) in [5.41, 5.74) is 1.87. The fourth-order valence-corrected chi connectivity index (χ4v) is 4.19. The van der Waals surface area contributed by atoms with Gasteiger partial charge < -0.3 is 24.6 Å². The standard InChI is InChI=1S/C25H32N6O3/c1-4-30(5-2)25(32)34-19-11-14-31(15-12-19)23-20-17-28-24(29-21(20)10-13-26-23)27-16-18-8-6-7-9-22(18)33-3/h6-10,13,17,19H,4-5,11-12,14-16H2,1-3H3,(H,27,28,29). The van der Waals surface area contributed by atoms with Crippen molar-refractivity contribution in [3.05, 3.63) is 48.3 Å². The van der Waals surface area contributed by atoms with Gasteiger partial charge >= 0.3 is 6.09 Å². The second-order valence-corrected chi connectivity index (χ2v) is 8.17. The third kappa shape index (κ3) is 5.30. The van der Waals surface area contributed by atoms with E-state index in [0.717, 1.165) is 54.0 Å². The molecule has 180 valence electrons. The lowest BCUT2D eigenvalue weighted by atomic mass is 10.1. The van der Waals surface area contributed by atoms with Gasteiger partial charge in [0, 0.05) is 63.5 Å². The number of fused-ring (bicyclic) bond motifs is 1. The third-order valence-corrected chi connectivity index (χ3v) is 6.15. The van der Waals surface area contributed by atoms with Gasteiger partial charge in [0.15, 0.2) is 0 Å². The van der Waals surface area contributed by atoms with Gasteiger partial charge in [0.2, 0.25) is 5.95 Å². The number of carbonyl (C=O) groups excluding carboxylic acids is 1. The zero-order valence-corrected chi connectivity index (χ0v) is 20.0. The highest BCUT2D eigenvalue weighted by Gasteiger charge is 2.25. The SMILES string of the molecule is CCN(CC)C(=O)OC1CCN(c2nccc3nc(NCc4ccccc4OC)ncc23)CC1. The first kappa shape index (κ1) is 23.5. The van der Waals surface area contributed by atoms with Crippen LogP contribution in [0.4, 0.5) is 16.6 Å². The number of anilines is 2. The molecule has 0 radical (unpaired) electrons. The molecule has 1 fully saturated rings. The lowest BCUT2D eigenvalue weighted by molar-refractivity contribution is 0.0542. The molecule has 3 heterocycles. The molecular weight excluding hydrogens is 432 g/mol. The van der Waals surface area contributed by atoms with Gasteiger partial charge in [-0.1, -0.05) is 18.2 Å². The molecule has 1 amide bonds. The molecule has 0 bridgehead atoms. The Hall–Kier alpha value is -3.62. The molecule has 9 nitrogen and oxygen atoms in total. The molecular formula is C25H32N6O3. The molecule has 0 spiro atoms. The second-order valence-electron chi connectivity index (χ2n) is 8.17. The number of nitrogens with zero attached hydrogens (tertiary/aromatic N) is 5. The van der Waals surface area contributed by atoms with E-state index in [1.807, 2.05) is 50.4 Å². The van der Waals surface area contributed by atoms with E-state index in [-0.39, 0.29) is 12.2 Å². The van der Waals surface area contributed by atoms with E-state index in [0.29, 0.717) is 25.6 Å². The molecule has 4 rings (SSSR count). The van der Waals surface area contributed by atoms with Crippen LogP contribution in [0.25, 0.3) is 10.9 Å². The molecule has 1 saturated heterocycles. The summed E-state index contributed by atoms with van der Waals surface area (Å²) >= 11 is 0. The Balaban J connectivity index is 1.41. The van der Waals surface area contributed by atoms with E-state index in [1.54, 1.807) is 18.2 Å². The van der Waals surface area contributed by atoms with Crippen molar-refractivity contribution >= 4 is 28.8 Å². The van der Waals surface area contributed by atoms with Crippen LogP contribution < -0.4 is 15.0 Å². The Morgan fingerprint density at radius 3 is 2.65 bits per heavy atom. The van der Waals surface area contributed by atoms with Gasteiger partial charge in [0.25, 0.3) is 0 Å². The van der Waals surface area contributed by atoms with Crippen LogP contribution in [0.1, 0.15) is 32.3 Å². The van der Waals surface area contributed by atoms with Crippen molar-refractivity contribution in [1.82, 2.24) is 19.9 Å². The van der Waals surface area contributed by atoms with E-state index in [4.69, 9.17) is 9.47 Å². The summed E-state index contributed by atoms with van der Waals surface area (Å²) < 4.78 is 11.1. The topological polar surface area (TPSA) is 92.7 Å². The van der Waals surface area contributed by atoms with E-state index < -0.39 is 0 Å². The highest BCUT2D eigenvalue weighted by Crippen LogP contribution is 2.27. The number of rotatable bonds is 8. The first-order valence-corrected chi connectivity index (χ1v) is 11.8. The smallest absolute Gasteiger partial charge is 0.410 e. The van der Waals surface area contributed by atoms with Crippen molar-refractivity contribution in [3.63, 3.8) is 0 Å². The van der Waals surface area contributed by atoms with Crippen LogP contribution in [0, 0.1) is 0 Å². The van der Waals surface area contributed by atoms with E-state index in [2.05, 4.69) is 25.2 Å². The maximum Gasteiger partial charge on any atom is 0.410 e. The van der Waals surface area contributed by atoms with Crippen LogP contribution in [-0.4, -0.2) is 65.3 Å². The average Bonchev–Trinajstić information content (AvgIpc) is 2.88. The highest BCUT2D eigenvalue weighted by atomic mass is 16.6. The number of ether oxygens (including phenoxy) is 2. The summed E-state index contributed by atoms with van der Waals surface area (Å²) in [6.07, 6.45) is 4.84. The molecule has 2 aromatic heterocycles. The first-order chi connectivity index (χ1) is 16.6. The lowest BCUT2D eigenvalue weighted by Crippen LogP contribution is -2.41. The zero-order valence-electron chi connectivity index (χ0n) is 20.0. The fourth-order valence-electron chi connectivity index (χ4n) is 4.19.